The first-order chi connectivity index (χ1) is 59.4. The second-order valence-corrected chi connectivity index (χ2v) is 44.0. The topological polar surface area (TPSA) is 471 Å². The van der Waals surface area contributed by atoms with Crippen LogP contribution in [0.3, 0.4) is 0 Å². The number of nitrogens with one attached hydrogen (secondary N) is 1. The summed E-state index contributed by atoms with van der Waals surface area (Å²) in [6.07, 6.45) is 24.7. The van der Waals surface area contributed by atoms with Crippen molar-refractivity contribution in [2.24, 2.45) is 29.0 Å². The number of hydrogen-bond donors (Lipinski definition) is 10. The molecule has 0 saturated heterocycles. The van der Waals surface area contributed by atoms with E-state index in [1.807, 2.05) is 32.2 Å². The maximum Gasteiger partial charge on any atom is 0.264 e. The molecule has 126 heavy (non-hydrogen) atoms. The summed E-state index contributed by atoms with van der Waals surface area (Å²) in [7, 11) is -0.492. The lowest BCUT2D eigenvalue weighted by Crippen LogP contribution is -2.32. The zero-order valence-corrected chi connectivity index (χ0v) is 87.3. The van der Waals surface area contributed by atoms with Crippen LogP contribution in [-0.2, 0) is 84.2 Å². The molecule has 3 aromatic carbocycles. The number of nitrogens with two attached hydrogens (primary N) is 7. The Morgan fingerprint density at radius 1 is 0.532 bits per heavy atom. The van der Waals surface area contributed by atoms with E-state index in [9.17, 15) is 40.8 Å². The summed E-state index contributed by atoms with van der Waals surface area (Å²) in [6.45, 7) is 16.5. The van der Waals surface area contributed by atoms with E-state index < -0.39 is 27.1 Å². The molecule has 40 heteroatoms. The molecule has 5 heterocycles. The Kier molecular flexibility index (Phi) is 59.6. The summed E-state index contributed by atoms with van der Waals surface area (Å²) in [4.78, 5) is 83.5. The Labute approximate surface area is 807 Å². The number of carbonyl (C=O) groups excluding carboxylic acids is 5. The van der Waals surface area contributed by atoms with E-state index in [2.05, 4.69) is 207 Å². The standard InChI is InChI=1S/C18H15P.C10H16N2S.C9H14N2O3S2.C9H12N2OS.C8H11BrO2.C8H13N3S.C8H12N2OS.C8H12O2.C4H10O.C2H6O.CH3ClO2S.CH4N2S.Br2.ClH/c1-4-10-16(11-5-1)19(17-12-6-2-7-13-17)18-14-8-3-9-15-18;1-7-12-10-8(6-11-2)4-3-5-9(10)13-7;1-16(12,13)14-5-6-3-2-4-7-8(6)11-9(10)15-7;1-5(12)6-3-2-4-7-8(6)11-9(10)13-7;1-5(10)6-3-2-4-7(9)8(6)11;9-4-5-2-1-3-6-7(5)11-8(10)12-6;9-8-10-7-5(4-11)2-1-3-6(7)12-8;1-6(9)7-4-2-3-5-8(7)10;1-3-5-4-2;1-2-3;1-5(2,3)4;2-1(3)4;1-2;/h1-15H;8,11H,3-6H2,1-2H3;6H,2-5H2,1H3,(H2,10,11);6H,2-4H2,1H3,(H2,10,11);6-7H,2-4H2,1H3;5H,1-4,9H2,(H2,10,11);5,11H,1-4H2,(H2,9,10);7H,2-5H2,1H3;3-4H2,1-2H3;3H,2H2,1H3;1H3;(H4,2,3,4);;1H. The Morgan fingerprint density at radius 2 is 0.873 bits per heavy atom. The van der Waals surface area contributed by atoms with Gasteiger partial charge in [-0.05, 0) is 214 Å². The van der Waals surface area contributed by atoms with E-state index in [4.69, 9.17) is 47.8 Å². The molecule has 2 saturated carbocycles. The lowest BCUT2D eigenvalue weighted by Gasteiger charge is -2.21. The first-order valence-corrected chi connectivity index (χ1v) is 56.6. The number of ketones is 5. The van der Waals surface area contributed by atoms with Gasteiger partial charge in [-0.25, -0.2) is 33.3 Å². The maximum absolute atomic E-state index is 11.3. The third-order valence-electron chi connectivity index (χ3n) is 19.9. The van der Waals surface area contributed by atoms with Gasteiger partial charge in [-0.2, -0.15) is 8.42 Å². The minimum absolute atomic E-state index is 0. The van der Waals surface area contributed by atoms with Crippen molar-refractivity contribution in [1.82, 2.24) is 30.2 Å². The Bertz CT molecular complexity index is 4570. The SMILES string of the molecule is BrBr.CC(=O)C1CCCC(Br)C1=O.CC(=O)C1CCCCC1=O.CC(=O)C1CCCc2sc(N)nc21.CCO.CCOCC.CNCC1CCCc2sc(C)nc21.CS(=O)(=O)Cl.CS(=O)(=O)OCC1CCCc2sc(N)nc21.Cl.NC(N)=S.NCC1CCCc2sc(N)nc21.Nc1nc2c(s1)CCCC2CO.c1ccc(P(c2ccccc2)c2ccccc2)cc1. The number of Topliss-reactive ketones (excluding diaryl/α,β-unsaturated/α-hetero) is 5. The average molecular weight is 2150 g/mol. The van der Waals surface area contributed by atoms with Crippen LogP contribution in [0.25, 0.3) is 0 Å². The lowest BCUT2D eigenvalue weighted by molar-refractivity contribution is -0.134. The van der Waals surface area contributed by atoms with Crippen molar-refractivity contribution in [3.63, 3.8) is 0 Å². The quantitative estimate of drug-likeness (QED) is 0.0114. The van der Waals surface area contributed by atoms with E-state index in [1.165, 1.54) is 125 Å². The number of aliphatic hydroxyl groups is 2. The molecule has 0 spiro atoms. The number of carbonyl (C=O) groups is 5. The van der Waals surface area contributed by atoms with E-state index in [1.54, 1.807) is 36.5 Å². The van der Waals surface area contributed by atoms with Gasteiger partial charge in [-0.3, -0.25) is 28.2 Å². The summed E-state index contributed by atoms with van der Waals surface area (Å²) in [5.41, 5.74) is 42.9. The number of aromatic nitrogens is 5. The fourth-order valence-corrected chi connectivity index (χ4v) is 22.7. The normalized spacial score (nSPS) is 18.9. The van der Waals surface area contributed by atoms with Gasteiger partial charge in [0.05, 0.1) is 81.8 Å². The largest absolute Gasteiger partial charge is 0.397 e. The molecule has 0 amide bonds. The molecule has 8 atom stereocenters. The van der Waals surface area contributed by atoms with Gasteiger partial charge in [0.1, 0.15) is 23.1 Å². The van der Waals surface area contributed by atoms with Crippen molar-refractivity contribution in [2.75, 3.05) is 88.6 Å². The molecule has 2 fully saturated rings. The number of likely N-dealkylation sites (N-methyl/N-ethyl adjacent to an activating group) is 1. The van der Waals surface area contributed by atoms with Crippen molar-refractivity contribution >= 4 is 234 Å². The predicted octanol–water partition coefficient (Wildman–Crippen LogP) is 16.2. The Balaban J connectivity index is 0.000000476. The van der Waals surface area contributed by atoms with Gasteiger partial charge in [-0.1, -0.05) is 120 Å². The van der Waals surface area contributed by atoms with Gasteiger partial charge in [0.2, 0.25) is 9.05 Å². The highest BCUT2D eigenvalue weighted by Crippen LogP contribution is 2.41. The molecule has 704 valence electrons. The van der Waals surface area contributed by atoms with E-state index in [0.29, 0.717) is 45.3 Å². The van der Waals surface area contributed by atoms with Gasteiger partial charge >= 0.3 is 0 Å². The summed E-state index contributed by atoms with van der Waals surface area (Å²) in [5, 5.41) is 27.8. The minimum Gasteiger partial charge on any atom is -0.397 e. The summed E-state index contributed by atoms with van der Waals surface area (Å²) in [6, 6.07) is 32.3. The third-order valence-corrected chi connectivity index (χ3v) is 28.7. The van der Waals surface area contributed by atoms with Gasteiger partial charge < -0.3 is 60.4 Å². The molecule has 8 aromatic rings. The monoisotopic (exact) mass is 2150 g/mol. The Morgan fingerprint density at radius 3 is 1.23 bits per heavy atom. The van der Waals surface area contributed by atoms with Crippen LogP contribution in [0.4, 0.5) is 20.5 Å². The van der Waals surface area contributed by atoms with Crippen LogP contribution in [-0.4, -0.2) is 157 Å². The zero-order chi connectivity index (χ0) is 93.4. The number of benzene rings is 3. The van der Waals surface area contributed by atoms with Crippen LogP contribution >= 0.6 is 144 Å². The van der Waals surface area contributed by atoms with E-state index in [0.717, 1.165) is 152 Å². The van der Waals surface area contributed by atoms with E-state index in [-0.39, 0.29) is 101 Å². The molecule has 15 rings (SSSR count). The lowest BCUT2D eigenvalue weighted by atomic mass is 9.85. The fourth-order valence-electron chi connectivity index (χ4n) is 14.5. The van der Waals surface area contributed by atoms with Gasteiger partial charge in [0.15, 0.2) is 31.4 Å². The summed E-state index contributed by atoms with van der Waals surface area (Å²) < 4.78 is 50.3. The van der Waals surface area contributed by atoms with Crippen LogP contribution in [0.5, 0.6) is 0 Å². The summed E-state index contributed by atoms with van der Waals surface area (Å²) in [5.74, 6) is 1.35. The number of thiazole rings is 5. The molecule has 5 aromatic heterocycles. The predicted molar refractivity (Wildman–Crippen MR) is 543 cm³/mol. The number of nitrogen functional groups attached to an aromatic ring is 4. The maximum atomic E-state index is 11.3. The number of anilines is 4. The van der Waals surface area contributed by atoms with E-state index >= 15 is 0 Å². The molecule has 26 nitrogen and oxygen atoms in total. The number of nitrogens with zero attached hydrogens (tertiary/aromatic N) is 5. The number of fused-ring (bicyclic) bond motifs is 5. The highest BCUT2D eigenvalue weighted by atomic mass is 80.9. The highest BCUT2D eigenvalue weighted by molar-refractivity contribution is 9.93. The van der Waals surface area contributed by atoms with Crippen LogP contribution < -0.4 is 61.4 Å². The molecule has 17 N–H and O–H groups in total. The number of aliphatic hydroxyl groups excluding tert-OH is 2. The Hall–Kier alpha value is -4.84. The number of hydrogen-bond acceptors (Lipinski definition) is 30. The zero-order valence-electron chi connectivity index (χ0n) is 73.6. The second-order valence-electron chi connectivity index (χ2n) is 29.7. The van der Waals surface area contributed by atoms with Crippen LogP contribution in [0.15, 0.2) is 91.0 Å². The van der Waals surface area contributed by atoms with Crippen LogP contribution in [0.1, 0.15) is 238 Å². The number of alkyl halides is 1. The van der Waals surface area contributed by atoms with Crippen molar-refractivity contribution in [3.8, 4) is 0 Å². The number of halogens is 5. The molecule has 7 aliphatic rings. The number of aryl methyl sites for hydroxylation is 6. The smallest absolute Gasteiger partial charge is 0.264 e. The van der Waals surface area contributed by atoms with Crippen molar-refractivity contribution in [3.05, 3.63) is 149 Å². The molecule has 0 bridgehead atoms. The molecule has 7 aliphatic carbocycles. The van der Waals surface area contributed by atoms with Crippen molar-refractivity contribution in [1.29, 1.82) is 0 Å². The third kappa shape index (κ3) is 44.6. The highest BCUT2D eigenvalue weighted by Gasteiger charge is 2.34. The minimum atomic E-state index is -3.37. The molecular weight excluding hydrogens is 2020 g/mol. The van der Waals surface area contributed by atoms with Crippen LogP contribution in [0.2, 0.25) is 0 Å². The molecular formula is C86H129Br3Cl2N13O13PS8. The fraction of sp³-hybridized carbons (Fsp3) is 0.547. The second kappa shape index (κ2) is 64.1. The van der Waals surface area contributed by atoms with Gasteiger partial charge in [0, 0.05) is 126 Å². The van der Waals surface area contributed by atoms with Crippen molar-refractivity contribution in [2.45, 2.75) is 224 Å². The number of ether oxygens (including phenoxy) is 1. The number of thiocarbonyl (C=S) groups is 1. The van der Waals surface area contributed by atoms with Gasteiger partial charge in [0.25, 0.3) is 10.1 Å². The van der Waals surface area contributed by atoms with Crippen molar-refractivity contribution < 1.29 is 59.9 Å². The molecule has 8 unspecified atom stereocenters. The van der Waals surface area contributed by atoms with Gasteiger partial charge in [-0.15, -0.1) is 69.1 Å². The first kappa shape index (κ1) is 117. The number of rotatable bonds is 15. The average Bonchev–Trinajstić information content (AvgIpc) is 1.47. The molecule has 0 aliphatic heterocycles. The van der Waals surface area contributed by atoms with Crippen LogP contribution in [0, 0.1) is 18.8 Å². The molecule has 0 radical (unpaired) electrons. The first-order valence-electron chi connectivity index (χ1n) is 41.6. The summed E-state index contributed by atoms with van der Waals surface area (Å²) >= 11 is 20.9.